The summed E-state index contributed by atoms with van der Waals surface area (Å²) >= 11 is 1.76. The lowest BCUT2D eigenvalue weighted by molar-refractivity contribution is 0.439. The molecule has 2 N–H and O–H groups in total. The van der Waals surface area contributed by atoms with Crippen molar-refractivity contribution in [3.63, 3.8) is 0 Å². The molecule has 0 aromatic heterocycles. The summed E-state index contributed by atoms with van der Waals surface area (Å²) in [5.41, 5.74) is -0.720. The Bertz CT molecular complexity index is 518. The Kier molecular flexibility index (Phi) is 12.3. The number of hydrogen-bond acceptors (Lipinski definition) is 2. The number of nitrogens with zero attached hydrogens (tertiary/aromatic N) is 1. The normalized spacial score (nSPS) is 11.2. The first kappa shape index (κ1) is 23.3. The summed E-state index contributed by atoms with van der Waals surface area (Å²) in [5, 5.41) is 5.93. The lowest BCUT2D eigenvalue weighted by atomic mass is 10.2. The maximum atomic E-state index is 13.6. The number of rotatable bonds is 8. The fraction of sp³-hybridized carbons (Fsp3) is 0.533. The van der Waals surface area contributed by atoms with Crippen molar-refractivity contribution in [2.45, 2.75) is 26.3 Å². The summed E-state index contributed by atoms with van der Waals surface area (Å²) in [6.45, 7) is 2.55. The number of benzene rings is 1. The third kappa shape index (κ3) is 7.45. The molecule has 1 rings (SSSR count). The molecule has 0 aliphatic carbocycles. The monoisotopic (exact) mass is 479 g/mol. The molecule has 1 aromatic rings. The van der Waals surface area contributed by atoms with Crippen molar-refractivity contribution in [2.75, 3.05) is 25.1 Å². The molecule has 1 aromatic carbocycles. The average Bonchev–Trinajstić information content (AvgIpc) is 2.52. The average molecular weight is 479 g/mol. The maximum Gasteiger partial charge on any atom is 0.191 e. The topological polar surface area (TPSA) is 36.4 Å². The zero-order valence-corrected chi connectivity index (χ0v) is 16.7. The number of nitrogens with one attached hydrogen (secondary N) is 2. The molecule has 0 spiro atoms. The highest BCUT2D eigenvalue weighted by atomic mass is 127. The van der Waals surface area contributed by atoms with E-state index in [1.54, 1.807) is 11.8 Å². The van der Waals surface area contributed by atoms with Gasteiger partial charge in [0.2, 0.25) is 0 Å². The van der Waals surface area contributed by atoms with Gasteiger partial charge in [0.1, 0.15) is 0 Å². The van der Waals surface area contributed by atoms with E-state index in [4.69, 9.17) is 0 Å². The standard InChI is InChI=1S/C15H21F4N3S.HI/c1-3-20-15(21-6-4-5-7-23-2)22-9-10-13(18)11(16)8-12(17)14(10)19;/h8H,3-7,9H2,1-2H3,(H2,20,21,22);1H. The quantitative estimate of drug-likeness (QED) is 0.148. The van der Waals surface area contributed by atoms with Crippen LogP contribution in [0.2, 0.25) is 0 Å². The Hall–Kier alpha value is -0.710. The van der Waals surface area contributed by atoms with E-state index in [2.05, 4.69) is 15.6 Å². The summed E-state index contributed by atoms with van der Waals surface area (Å²) in [6.07, 6.45) is 3.98. The van der Waals surface area contributed by atoms with E-state index in [-0.39, 0.29) is 30.0 Å². The van der Waals surface area contributed by atoms with Gasteiger partial charge in [-0.3, -0.25) is 0 Å². The van der Waals surface area contributed by atoms with E-state index in [0.717, 1.165) is 18.6 Å². The first-order valence-electron chi connectivity index (χ1n) is 7.34. The molecule has 24 heavy (non-hydrogen) atoms. The molecule has 0 fully saturated rings. The molecule has 0 aliphatic heterocycles. The molecule has 0 amide bonds. The number of thioether (sulfide) groups is 1. The third-order valence-electron chi connectivity index (χ3n) is 3.01. The molecule has 3 nitrogen and oxygen atoms in total. The van der Waals surface area contributed by atoms with E-state index in [0.29, 0.717) is 19.0 Å². The lowest BCUT2D eigenvalue weighted by Crippen LogP contribution is -2.37. The summed E-state index contributed by atoms with van der Waals surface area (Å²) in [6, 6.07) is 0.188. The van der Waals surface area contributed by atoms with Gasteiger partial charge in [-0.1, -0.05) is 0 Å². The van der Waals surface area contributed by atoms with Crippen molar-refractivity contribution in [1.82, 2.24) is 10.6 Å². The first-order valence-corrected chi connectivity index (χ1v) is 8.73. The van der Waals surface area contributed by atoms with Crippen LogP contribution in [-0.4, -0.2) is 31.1 Å². The Morgan fingerprint density at radius 1 is 1.08 bits per heavy atom. The van der Waals surface area contributed by atoms with Gasteiger partial charge in [0.25, 0.3) is 0 Å². The molecule has 9 heteroatoms. The summed E-state index contributed by atoms with van der Waals surface area (Å²) < 4.78 is 53.5. The van der Waals surface area contributed by atoms with Gasteiger partial charge in [-0.15, -0.1) is 24.0 Å². The second kappa shape index (κ2) is 12.6. The van der Waals surface area contributed by atoms with Crippen LogP contribution in [0.3, 0.4) is 0 Å². The molecular formula is C15H22F4IN3S. The highest BCUT2D eigenvalue weighted by molar-refractivity contribution is 14.0. The van der Waals surface area contributed by atoms with Crippen molar-refractivity contribution in [3.8, 4) is 0 Å². The van der Waals surface area contributed by atoms with Crippen LogP contribution < -0.4 is 10.6 Å². The molecule has 0 atom stereocenters. The minimum Gasteiger partial charge on any atom is -0.357 e. The summed E-state index contributed by atoms with van der Waals surface area (Å²) in [7, 11) is 0. The van der Waals surface area contributed by atoms with Crippen molar-refractivity contribution in [3.05, 3.63) is 34.9 Å². The SMILES string of the molecule is CCNC(=NCc1c(F)c(F)cc(F)c1F)NCCCCSC.I. The number of guanidine groups is 1. The smallest absolute Gasteiger partial charge is 0.191 e. The third-order valence-corrected chi connectivity index (χ3v) is 3.71. The summed E-state index contributed by atoms with van der Waals surface area (Å²) in [4.78, 5) is 3.98. The van der Waals surface area contributed by atoms with Gasteiger partial charge < -0.3 is 10.6 Å². The van der Waals surface area contributed by atoms with E-state index in [9.17, 15) is 17.6 Å². The first-order chi connectivity index (χ1) is 11.0. The highest BCUT2D eigenvalue weighted by Crippen LogP contribution is 2.19. The van der Waals surface area contributed by atoms with Gasteiger partial charge in [-0.25, -0.2) is 22.6 Å². The van der Waals surface area contributed by atoms with Gasteiger partial charge >= 0.3 is 0 Å². The molecular weight excluding hydrogens is 457 g/mol. The predicted octanol–water partition coefficient (Wildman–Crippen LogP) is 4.06. The van der Waals surface area contributed by atoms with Crippen molar-refractivity contribution in [1.29, 1.82) is 0 Å². The van der Waals surface area contributed by atoms with Crippen LogP contribution in [0.1, 0.15) is 25.3 Å². The van der Waals surface area contributed by atoms with Gasteiger partial charge in [-0.2, -0.15) is 11.8 Å². The molecule has 0 radical (unpaired) electrons. The lowest BCUT2D eigenvalue weighted by Gasteiger charge is -2.11. The molecule has 0 saturated heterocycles. The fourth-order valence-corrected chi connectivity index (χ4v) is 2.33. The zero-order chi connectivity index (χ0) is 17.2. The van der Waals surface area contributed by atoms with E-state index >= 15 is 0 Å². The Labute approximate surface area is 161 Å². The van der Waals surface area contributed by atoms with Crippen LogP contribution in [0.4, 0.5) is 17.6 Å². The van der Waals surface area contributed by atoms with Crippen molar-refractivity contribution in [2.24, 2.45) is 4.99 Å². The minimum absolute atomic E-state index is 0. The van der Waals surface area contributed by atoms with Crippen LogP contribution in [0.25, 0.3) is 0 Å². The Balaban J connectivity index is 0.00000529. The van der Waals surface area contributed by atoms with Gasteiger partial charge in [0.05, 0.1) is 12.1 Å². The second-order valence-corrected chi connectivity index (χ2v) is 5.75. The summed E-state index contributed by atoms with van der Waals surface area (Å²) in [5.74, 6) is -4.28. The van der Waals surface area contributed by atoms with Crippen LogP contribution >= 0.6 is 35.7 Å². The maximum absolute atomic E-state index is 13.6. The van der Waals surface area contributed by atoms with E-state index < -0.39 is 35.4 Å². The van der Waals surface area contributed by atoms with Gasteiger partial charge in [0.15, 0.2) is 29.2 Å². The number of aliphatic imine (C=N–C) groups is 1. The highest BCUT2D eigenvalue weighted by Gasteiger charge is 2.18. The van der Waals surface area contributed by atoms with Crippen LogP contribution in [0, 0.1) is 23.3 Å². The predicted molar refractivity (Wildman–Crippen MR) is 102 cm³/mol. The molecule has 0 unspecified atom stereocenters. The van der Waals surface area contributed by atoms with Crippen molar-refractivity contribution < 1.29 is 17.6 Å². The Morgan fingerprint density at radius 3 is 2.25 bits per heavy atom. The van der Waals surface area contributed by atoms with Gasteiger partial charge in [0, 0.05) is 19.2 Å². The minimum atomic E-state index is -1.43. The molecule has 0 saturated carbocycles. The number of halogens is 5. The molecule has 138 valence electrons. The fourth-order valence-electron chi connectivity index (χ4n) is 1.84. The van der Waals surface area contributed by atoms with Crippen molar-refractivity contribution >= 4 is 41.7 Å². The van der Waals surface area contributed by atoms with Crippen LogP contribution in [-0.2, 0) is 6.54 Å². The molecule has 0 heterocycles. The second-order valence-electron chi connectivity index (χ2n) is 4.77. The molecule has 0 bridgehead atoms. The van der Waals surface area contributed by atoms with Gasteiger partial charge in [-0.05, 0) is 31.8 Å². The number of unbranched alkanes of at least 4 members (excludes halogenated alkanes) is 1. The van der Waals surface area contributed by atoms with E-state index in [1.807, 2.05) is 13.2 Å². The largest absolute Gasteiger partial charge is 0.357 e. The Morgan fingerprint density at radius 2 is 1.71 bits per heavy atom. The zero-order valence-electron chi connectivity index (χ0n) is 13.6. The van der Waals surface area contributed by atoms with Crippen LogP contribution in [0.5, 0.6) is 0 Å². The van der Waals surface area contributed by atoms with Crippen LogP contribution in [0.15, 0.2) is 11.1 Å². The van der Waals surface area contributed by atoms with E-state index in [1.165, 1.54) is 0 Å². The molecule has 0 aliphatic rings. The number of hydrogen-bond donors (Lipinski definition) is 2.